The highest BCUT2D eigenvalue weighted by Crippen LogP contribution is 2.29. The first-order valence-electron chi connectivity index (χ1n) is 6.74. The van der Waals surface area contributed by atoms with Crippen molar-refractivity contribution in [2.24, 2.45) is 5.92 Å². The molecule has 0 spiro atoms. The van der Waals surface area contributed by atoms with Gasteiger partial charge in [-0.1, -0.05) is 13.8 Å². The Bertz CT molecular complexity index is 500. The summed E-state index contributed by atoms with van der Waals surface area (Å²) >= 11 is 0. The fourth-order valence-electron chi connectivity index (χ4n) is 1.74. The van der Waals surface area contributed by atoms with Crippen LogP contribution >= 0.6 is 0 Å². The van der Waals surface area contributed by atoms with Gasteiger partial charge >= 0.3 is 0 Å². The third-order valence-corrected chi connectivity index (χ3v) is 2.71. The second-order valence-corrected chi connectivity index (χ2v) is 4.99. The highest BCUT2D eigenvalue weighted by Gasteiger charge is 2.09. The number of anilines is 1. The molecular weight excluding hydrogens is 272 g/mol. The maximum atomic E-state index is 11.8. The normalized spacial score (nSPS) is 10.1. The van der Waals surface area contributed by atoms with Gasteiger partial charge in [0.1, 0.15) is 0 Å². The number of methoxy groups -OCH3 is 2. The number of rotatable bonds is 7. The number of ether oxygens (including phenoxy) is 2. The number of hydrogen-bond acceptors (Lipinski definition) is 4. The fraction of sp³-hybridized carbons (Fsp3) is 0.467. The summed E-state index contributed by atoms with van der Waals surface area (Å²) in [4.78, 5) is 23.2. The van der Waals surface area contributed by atoms with Gasteiger partial charge in [0.25, 0.3) is 0 Å². The van der Waals surface area contributed by atoms with Gasteiger partial charge in [0, 0.05) is 18.2 Å². The van der Waals surface area contributed by atoms with Crippen LogP contribution in [0.1, 0.15) is 20.3 Å². The van der Waals surface area contributed by atoms with Gasteiger partial charge in [0.15, 0.2) is 11.5 Å². The molecule has 0 radical (unpaired) electrons. The Morgan fingerprint density at radius 1 is 1.10 bits per heavy atom. The van der Waals surface area contributed by atoms with E-state index in [1.54, 1.807) is 25.3 Å². The zero-order valence-electron chi connectivity index (χ0n) is 12.9. The first-order valence-corrected chi connectivity index (χ1v) is 6.74. The van der Waals surface area contributed by atoms with Gasteiger partial charge in [-0.2, -0.15) is 0 Å². The van der Waals surface area contributed by atoms with Crippen molar-refractivity contribution < 1.29 is 19.1 Å². The predicted octanol–water partition coefficient (Wildman–Crippen LogP) is 1.80. The molecule has 1 rings (SSSR count). The third-order valence-electron chi connectivity index (χ3n) is 2.71. The summed E-state index contributed by atoms with van der Waals surface area (Å²) in [5, 5.41) is 5.27. The lowest BCUT2D eigenvalue weighted by Crippen LogP contribution is -2.33. The van der Waals surface area contributed by atoms with E-state index in [0.717, 1.165) is 0 Å². The van der Waals surface area contributed by atoms with Crippen LogP contribution in [0.2, 0.25) is 0 Å². The number of carbonyl (C=O) groups excluding carboxylic acids is 2. The average molecular weight is 294 g/mol. The van der Waals surface area contributed by atoms with Crippen molar-refractivity contribution in [2.75, 3.05) is 26.1 Å². The zero-order valence-corrected chi connectivity index (χ0v) is 12.9. The van der Waals surface area contributed by atoms with Crippen LogP contribution < -0.4 is 20.1 Å². The molecule has 0 aromatic heterocycles. The summed E-state index contributed by atoms with van der Waals surface area (Å²) in [6.07, 6.45) is 0.406. The Balaban J connectivity index is 2.53. The van der Waals surface area contributed by atoms with Crippen molar-refractivity contribution >= 4 is 17.5 Å². The Labute approximate surface area is 124 Å². The molecule has 0 saturated carbocycles. The van der Waals surface area contributed by atoms with Crippen LogP contribution in [0.5, 0.6) is 11.5 Å². The Morgan fingerprint density at radius 3 is 2.33 bits per heavy atom. The van der Waals surface area contributed by atoms with Crippen molar-refractivity contribution in [3.05, 3.63) is 18.2 Å². The van der Waals surface area contributed by atoms with Crippen LogP contribution in [0.4, 0.5) is 5.69 Å². The van der Waals surface area contributed by atoms with Crippen LogP contribution in [-0.4, -0.2) is 32.6 Å². The van der Waals surface area contributed by atoms with E-state index in [1.165, 1.54) is 7.11 Å². The standard InChI is InChI=1S/C15H22N2O4/c1-10(2)7-14(18)16-9-15(19)17-11-5-6-12(20-3)13(8-11)21-4/h5-6,8,10H,7,9H2,1-4H3,(H,16,18)(H,17,19). The molecule has 116 valence electrons. The molecule has 0 aliphatic rings. The summed E-state index contributed by atoms with van der Waals surface area (Å²) in [6.45, 7) is 3.84. The molecule has 2 N–H and O–H groups in total. The first kappa shape index (κ1) is 16.8. The topological polar surface area (TPSA) is 76.7 Å². The van der Waals surface area contributed by atoms with Gasteiger partial charge in [0.2, 0.25) is 11.8 Å². The van der Waals surface area contributed by atoms with Crippen LogP contribution in [0, 0.1) is 5.92 Å². The van der Waals surface area contributed by atoms with Crippen LogP contribution in [-0.2, 0) is 9.59 Å². The molecule has 2 amide bonds. The number of hydrogen-bond donors (Lipinski definition) is 2. The van der Waals surface area contributed by atoms with Crippen molar-refractivity contribution in [1.82, 2.24) is 5.32 Å². The molecule has 0 aliphatic heterocycles. The highest BCUT2D eigenvalue weighted by atomic mass is 16.5. The monoisotopic (exact) mass is 294 g/mol. The molecule has 0 aliphatic carbocycles. The smallest absolute Gasteiger partial charge is 0.243 e. The maximum absolute atomic E-state index is 11.8. The second-order valence-electron chi connectivity index (χ2n) is 4.99. The molecule has 0 unspecified atom stereocenters. The Hall–Kier alpha value is -2.24. The van der Waals surface area contributed by atoms with Gasteiger partial charge in [0.05, 0.1) is 20.8 Å². The Kier molecular flexibility index (Phi) is 6.52. The third kappa shape index (κ3) is 5.72. The number of amides is 2. The summed E-state index contributed by atoms with van der Waals surface area (Å²) in [5.74, 6) is 0.950. The average Bonchev–Trinajstić information content (AvgIpc) is 2.44. The lowest BCUT2D eigenvalue weighted by molar-refractivity contribution is -0.124. The van der Waals surface area contributed by atoms with E-state index in [-0.39, 0.29) is 24.3 Å². The number of carbonyl (C=O) groups is 2. The van der Waals surface area contributed by atoms with Gasteiger partial charge in [-0.3, -0.25) is 9.59 Å². The highest BCUT2D eigenvalue weighted by molar-refractivity contribution is 5.94. The molecule has 6 nitrogen and oxygen atoms in total. The van der Waals surface area contributed by atoms with Crippen molar-refractivity contribution in [3.8, 4) is 11.5 Å². The van der Waals surface area contributed by atoms with E-state index in [4.69, 9.17) is 9.47 Å². The second kappa shape index (κ2) is 8.14. The minimum absolute atomic E-state index is 0.0557. The van der Waals surface area contributed by atoms with E-state index in [0.29, 0.717) is 23.6 Å². The van der Waals surface area contributed by atoms with Crippen molar-refractivity contribution in [2.45, 2.75) is 20.3 Å². The largest absolute Gasteiger partial charge is 0.493 e. The lowest BCUT2D eigenvalue weighted by Gasteiger charge is -2.11. The minimum atomic E-state index is -0.292. The lowest BCUT2D eigenvalue weighted by atomic mass is 10.1. The fourth-order valence-corrected chi connectivity index (χ4v) is 1.74. The Morgan fingerprint density at radius 2 is 1.76 bits per heavy atom. The zero-order chi connectivity index (χ0) is 15.8. The van der Waals surface area contributed by atoms with Gasteiger partial charge in [-0.05, 0) is 18.1 Å². The molecule has 21 heavy (non-hydrogen) atoms. The quantitative estimate of drug-likeness (QED) is 0.804. The van der Waals surface area contributed by atoms with Gasteiger partial charge in [-0.25, -0.2) is 0 Å². The van der Waals surface area contributed by atoms with Crippen LogP contribution in [0.15, 0.2) is 18.2 Å². The van der Waals surface area contributed by atoms with Crippen LogP contribution in [0.25, 0.3) is 0 Å². The van der Waals surface area contributed by atoms with E-state index >= 15 is 0 Å². The molecule has 1 aromatic carbocycles. The molecule has 0 bridgehead atoms. The van der Waals surface area contributed by atoms with E-state index in [1.807, 2.05) is 13.8 Å². The SMILES string of the molecule is COc1ccc(NC(=O)CNC(=O)CC(C)C)cc1OC. The predicted molar refractivity (Wildman–Crippen MR) is 80.6 cm³/mol. The summed E-state index contributed by atoms with van der Waals surface area (Å²) in [6, 6.07) is 5.06. The first-order chi connectivity index (χ1) is 9.96. The number of nitrogens with one attached hydrogen (secondary N) is 2. The molecule has 0 saturated heterocycles. The minimum Gasteiger partial charge on any atom is -0.493 e. The van der Waals surface area contributed by atoms with Gasteiger partial charge in [-0.15, -0.1) is 0 Å². The van der Waals surface area contributed by atoms with Crippen LogP contribution in [0.3, 0.4) is 0 Å². The molecule has 1 aromatic rings. The van der Waals surface area contributed by atoms with Crippen molar-refractivity contribution in [1.29, 1.82) is 0 Å². The number of benzene rings is 1. The summed E-state index contributed by atoms with van der Waals surface area (Å²) in [5.41, 5.74) is 0.579. The molecule has 0 heterocycles. The van der Waals surface area contributed by atoms with E-state index < -0.39 is 0 Å². The molecule has 0 fully saturated rings. The van der Waals surface area contributed by atoms with E-state index in [2.05, 4.69) is 10.6 Å². The molecule has 0 atom stereocenters. The summed E-state index contributed by atoms with van der Waals surface area (Å²) < 4.78 is 10.3. The summed E-state index contributed by atoms with van der Waals surface area (Å²) in [7, 11) is 3.07. The van der Waals surface area contributed by atoms with E-state index in [9.17, 15) is 9.59 Å². The van der Waals surface area contributed by atoms with Gasteiger partial charge < -0.3 is 20.1 Å². The molecule has 6 heteroatoms. The maximum Gasteiger partial charge on any atom is 0.243 e. The molecular formula is C15H22N2O4. The van der Waals surface area contributed by atoms with Crippen molar-refractivity contribution in [3.63, 3.8) is 0 Å².